The van der Waals surface area contributed by atoms with Gasteiger partial charge in [-0.1, -0.05) is 170 Å². The first kappa shape index (κ1) is 39.4. The highest BCUT2D eigenvalue weighted by Crippen LogP contribution is 2.62. The molecule has 0 spiro atoms. The number of hydrogen-bond acceptors (Lipinski definition) is 4. The number of hydrogen-bond donors (Lipinski definition) is 0. The monoisotopic (exact) mass is 852 g/mol. The summed E-state index contributed by atoms with van der Waals surface area (Å²) in [7, 11) is 0. The fourth-order valence-corrected chi connectivity index (χ4v) is 10.8. The Kier molecular flexibility index (Phi) is 9.46. The second-order valence-corrected chi connectivity index (χ2v) is 17.0. The van der Waals surface area contributed by atoms with Gasteiger partial charge in [0.25, 0.3) is 0 Å². The van der Waals surface area contributed by atoms with Gasteiger partial charge in [0, 0.05) is 22.7 Å². The number of para-hydroxylation sites is 4. The van der Waals surface area contributed by atoms with Gasteiger partial charge in [-0.05, 0) is 138 Å². The van der Waals surface area contributed by atoms with Crippen molar-refractivity contribution in [2.75, 3.05) is 9.80 Å². The molecule has 0 aliphatic heterocycles. The number of nitrogens with zero attached hydrogens (tertiary/aromatic N) is 4. The molecule has 0 aromatic heterocycles. The summed E-state index contributed by atoms with van der Waals surface area (Å²) in [6.07, 6.45) is 0. The van der Waals surface area contributed by atoms with Crippen molar-refractivity contribution in [3.8, 4) is 23.3 Å². The summed E-state index contributed by atoms with van der Waals surface area (Å²) in [5.41, 5.74) is 13.3. The van der Waals surface area contributed by atoms with Crippen LogP contribution in [0.15, 0.2) is 243 Å². The lowest BCUT2D eigenvalue weighted by atomic mass is 9.65. The second kappa shape index (κ2) is 16.1. The van der Waals surface area contributed by atoms with Gasteiger partial charge in [0.05, 0.1) is 27.9 Å². The fraction of sp³-hybridized carbons (Fsp3) is 0.0159. The zero-order chi connectivity index (χ0) is 44.9. The van der Waals surface area contributed by atoms with E-state index in [1.165, 1.54) is 38.8 Å². The van der Waals surface area contributed by atoms with Crippen LogP contribution in [0.25, 0.3) is 43.4 Å². The second-order valence-electron chi connectivity index (χ2n) is 17.0. The Labute approximate surface area is 389 Å². The van der Waals surface area contributed by atoms with E-state index < -0.39 is 5.41 Å². The van der Waals surface area contributed by atoms with Gasteiger partial charge in [0.1, 0.15) is 12.1 Å². The first-order valence-corrected chi connectivity index (χ1v) is 22.6. The topological polar surface area (TPSA) is 54.1 Å². The molecular formula is C63H40N4. The fourth-order valence-electron chi connectivity index (χ4n) is 10.8. The predicted molar refractivity (Wildman–Crippen MR) is 275 cm³/mol. The van der Waals surface area contributed by atoms with Gasteiger partial charge in [-0.3, -0.25) is 0 Å². The predicted octanol–water partition coefficient (Wildman–Crippen LogP) is 16.2. The van der Waals surface area contributed by atoms with Gasteiger partial charge in [-0.2, -0.15) is 10.5 Å². The average Bonchev–Trinajstić information content (AvgIpc) is 3.73. The van der Waals surface area contributed by atoms with Crippen molar-refractivity contribution in [2.24, 2.45) is 0 Å². The third kappa shape index (κ3) is 6.13. The summed E-state index contributed by atoms with van der Waals surface area (Å²) in [6.45, 7) is 0. The zero-order valence-corrected chi connectivity index (χ0v) is 36.4. The molecule has 0 amide bonds. The summed E-state index contributed by atoms with van der Waals surface area (Å²) >= 11 is 0. The van der Waals surface area contributed by atoms with E-state index in [9.17, 15) is 10.5 Å². The van der Waals surface area contributed by atoms with Crippen LogP contribution in [0.5, 0.6) is 0 Å². The smallest absolute Gasteiger partial charge is 0.101 e. The largest absolute Gasteiger partial charge is 0.309 e. The number of nitriles is 2. The van der Waals surface area contributed by atoms with Crippen LogP contribution in [0.4, 0.5) is 34.1 Å². The molecule has 0 N–H and O–H groups in total. The Balaban J connectivity index is 1.18. The molecule has 1 aliphatic carbocycles. The van der Waals surface area contributed by atoms with Gasteiger partial charge in [0.15, 0.2) is 0 Å². The van der Waals surface area contributed by atoms with Crippen LogP contribution in [-0.4, -0.2) is 0 Å². The van der Waals surface area contributed by atoms with Crippen LogP contribution in [-0.2, 0) is 5.41 Å². The first-order valence-electron chi connectivity index (χ1n) is 22.6. The van der Waals surface area contributed by atoms with Crippen molar-refractivity contribution >= 4 is 66.4 Å². The molecule has 0 unspecified atom stereocenters. The van der Waals surface area contributed by atoms with Crippen LogP contribution in [0.3, 0.4) is 0 Å². The Morgan fingerprint density at radius 2 is 0.791 bits per heavy atom. The maximum Gasteiger partial charge on any atom is 0.101 e. The lowest BCUT2D eigenvalue weighted by Gasteiger charge is -2.36. The summed E-state index contributed by atoms with van der Waals surface area (Å²) in [5.74, 6) is 0. The molecule has 0 heterocycles. The van der Waals surface area contributed by atoms with Crippen LogP contribution in [0.2, 0.25) is 0 Å². The summed E-state index contributed by atoms with van der Waals surface area (Å²) in [5, 5.41) is 27.6. The Hall–Kier alpha value is -9.22. The molecule has 0 saturated heterocycles. The number of anilines is 6. The minimum atomic E-state index is -0.739. The molecule has 312 valence electrons. The van der Waals surface area contributed by atoms with Gasteiger partial charge in [-0.25, -0.2) is 0 Å². The standard InChI is InChI=1S/C63H40N4/c64-41-44-19-13-17-31-58(44)66(48-25-9-3-10-26-48)50-34-37-52-43(39-50)33-36-56-60-54-30-16-15-29-53(54)57-40-51(67(49-27-11-4-12-28-49)59-32-18-14-20-45(59)42-65)35-38-55(57)62(60)63(61(52)56,46-21-5-1-6-22-46)47-23-7-2-8-24-47/h1-40H. The van der Waals surface area contributed by atoms with Crippen molar-refractivity contribution < 1.29 is 0 Å². The molecule has 12 rings (SSSR count). The van der Waals surface area contributed by atoms with Crippen LogP contribution < -0.4 is 9.80 Å². The molecule has 1 aliphatic rings. The van der Waals surface area contributed by atoms with Crippen molar-refractivity contribution in [3.05, 3.63) is 276 Å². The van der Waals surface area contributed by atoms with E-state index in [1.807, 2.05) is 84.9 Å². The summed E-state index contributed by atoms with van der Waals surface area (Å²) in [4.78, 5) is 4.39. The van der Waals surface area contributed by atoms with Gasteiger partial charge >= 0.3 is 0 Å². The van der Waals surface area contributed by atoms with E-state index in [0.717, 1.165) is 61.1 Å². The normalized spacial score (nSPS) is 12.3. The molecule has 11 aromatic carbocycles. The highest BCUT2D eigenvalue weighted by atomic mass is 15.1. The Bertz CT molecular complexity index is 3740. The van der Waals surface area contributed by atoms with Crippen LogP contribution >= 0.6 is 0 Å². The third-order valence-electron chi connectivity index (χ3n) is 13.5. The van der Waals surface area contributed by atoms with Crippen molar-refractivity contribution in [2.45, 2.75) is 5.41 Å². The van der Waals surface area contributed by atoms with E-state index in [0.29, 0.717) is 11.1 Å². The van der Waals surface area contributed by atoms with Gasteiger partial charge in [0.2, 0.25) is 0 Å². The van der Waals surface area contributed by atoms with Gasteiger partial charge < -0.3 is 9.80 Å². The van der Waals surface area contributed by atoms with Crippen LogP contribution in [0, 0.1) is 22.7 Å². The van der Waals surface area contributed by atoms with E-state index in [2.05, 4.69) is 180 Å². The molecule has 11 aromatic rings. The first-order chi connectivity index (χ1) is 33.2. The summed E-state index contributed by atoms with van der Waals surface area (Å²) in [6, 6.07) is 90.3. The molecule has 0 atom stereocenters. The Morgan fingerprint density at radius 3 is 1.34 bits per heavy atom. The number of fused-ring (bicyclic) bond motifs is 10. The van der Waals surface area contributed by atoms with E-state index in [1.54, 1.807) is 0 Å². The molecule has 0 radical (unpaired) electrons. The van der Waals surface area contributed by atoms with Crippen molar-refractivity contribution in [1.82, 2.24) is 0 Å². The molecule has 0 fully saturated rings. The number of rotatable bonds is 8. The SMILES string of the molecule is N#Cc1ccccc1N(c1ccccc1)c1ccc2c3c(ccc2c1)-c1c(c2ccc(N(c4ccccc4)c4ccccc4C#N)cc2c2ccccc12)C3(c1ccccc1)c1ccccc1. The van der Waals surface area contributed by atoms with E-state index >= 15 is 0 Å². The van der Waals surface area contributed by atoms with E-state index in [4.69, 9.17) is 0 Å². The van der Waals surface area contributed by atoms with E-state index in [-0.39, 0.29) is 0 Å². The van der Waals surface area contributed by atoms with Gasteiger partial charge in [-0.15, -0.1) is 0 Å². The third-order valence-corrected chi connectivity index (χ3v) is 13.5. The Morgan fingerprint density at radius 1 is 0.328 bits per heavy atom. The lowest BCUT2D eigenvalue weighted by molar-refractivity contribution is 0.783. The highest BCUT2D eigenvalue weighted by molar-refractivity contribution is 6.21. The minimum Gasteiger partial charge on any atom is -0.309 e. The number of benzene rings is 11. The zero-order valence-electron chi connectivity index (χ0n) is 36.4. The van der Waals surface area contributed by atoms with Crippen molar-refractivity contribution in [1.29, 1.82) is 10.5 Å². The maximum atomic E-state index is 10.4. The molecule has 0 saturated carbocycles. The quantitative estimate of drug-likeness (QED) is 0.143. The highest BCUT2D eigenvalue weighted by Gasteiger charge is 2.49. The average molecular weight is 853 g/mol. The molecular weight excluding hydrogens is 813 g/mol. The minimum absolute atomic E-state index is 0.601. The van der Waals surface area contributed by atoms with Crippen LogP contribution in [0.1, 0.15) is 33.4 Å². The summed E-state index contributed by atoms with van der Waals surface area (Å²) < 4.78 is 0. The maximum absolute atomic E-state index is 10.4. The lowest BCUT2D eigenvalue weighted by Crippen LogP contribution is -2.29. The molecule has 67 heavy (non-hydrogen) atoms. The van der Waals surface area contributed by atoms with Crippen molar-refractivity contribution in [3.63, 3.8) is 0 Å². The molecule has 4 nitrogen and oxygen atoms in total. The molecule has 0 bridgehead atoms. The molecule has 4 heteroatoms.